The van der Waals surface area contributed by atoms with Crippen molar-refractivity contribution in [2.24, 2.45) is 0 Å². The van der Waals surface area contributed by atoms with Gasteiger partial charge in [-0.3, -0.25) is 0 Å². The fraction of sp³-hybridized carbons (Fsp3) is 0. The molecule has 14 rings (SSSR count). The molecule has 0 N–H and O–H groups in total. The summed E-state index contributed by atoms with van der Waals surface area (Å²) in [7, 11) is 0. The predicted molar refractivity (Wildman–Crippen MR) is 292 cm³/mol. The molecule has 0 amide bonds. The Balaban J connectivity index is 0.897. The SMILES string of the molecule is c1ccc(-c2cc(-c3cccc(-c4ccc5ccc6c(-c7ccccc7)ccc7ccc4c5c76)c3)cc(-c3cccc(-c4ccc5ccc6c(-c7ccccc7)ccc7ccc4c5c76)c3)c2)cc1. The zero-order valence-corrected chi connectivity index (χ0v) is 37.2. The fourth-order valence-corrected chi connectivity index (χ4v) is 11.3. The van der Waals surface area contributed by atoms with Gasteiger partial charge in [-0.2, -0.15) is 0 Å². The Kier molecular flexibility index (Phi) is 8.69. The maximum absolute atomic E-state index is 2.39. The molecule has 0 bridgehead atoms. The standard InChI is InChI=1S/C68H42/c1-4-12-43(13-5-1)54-40-55(50-18-10-20-52(38-50)59-32-24-48-26-34-61-57(44-14-6-2-7-15-44)30-22-46-28-36-63(59)67(48)65(46)61)42-56(41-54)51-19-11-21-53(39-51)60-33-25-49-27-35-62-58(45-16-8-3-9-17-45)31-23-47-29-37-64(60)68(49)66(47)62/h1-42H. The zero-order valence-electron chi connectivity index (χ0n) is 37.2. The van der Waals surface area contributed by atoms with Crippen LogP contribution in [0, 0.1) is 0 Å². The summed E-state index contributed by atoms with van der Waals surface area (Å²) in [6.45, 7) is 0. The molecule has 0 nitrogen and oxygen atoms in total. The highest BCUT2D eigenvalue weighted by atomic mass is 14.2. The Morgan fingerprint density at radius 3 is 0.750 bits per heavy atom. The first-order chi connectivity index (χ1) is 33.7. The van der Waals surface area contributed by atoms with Crippen LogP contribution in [0.5, 0.6) is 0 Å². The first-order valence-electron chi connectivity index (χ1n) is 23.6. The van der Waals surface area contributed by atoms with E-state index in [1.54, 1.807) is 0 Å². The van der Waals surface area contributed by atoms with E-state index in [2.05, 4.69) is 255 Å². The third kappa shape index (κ3) is 6.15. The molecule has 0 aliphatic carbocycles. The van der Waals surface area contributed by atoms with E-state index in [0.717, 1.165) is 0 Å². The second-order valence-electron chi connectivity index (χ2n) is 18.4. The Bertz CT molecular complexity index is 3970. The molecule has 0 saturated carbocycles. The molecular formula is C68H42. The van der Waals surface area contributed by atoms with Crippen LogP contribution < -0.4 is 0 Å². The summed E-state index contributed by atoms with van der Waals surface area (Å²) in [6.07, 6.45) is 0. The van der Waals surface area contributed by atoms with Gasteiger partial charge in [0.25, 0.3) is 0 Å². The van der Waals surface area contributed by atoms with Gasteiger partial charge in [0.15, 0.2) is 0 Å². The lowest BCUT2D eigenvalue weighted by molar-refractivity contribution is 1.56. The van der Waals surface area contributed by atoms with Crippen molar-refractivity contribution in [1.82, 2.24) is 0 Å². The monoisotopic (exact) mass is 858 g/mol. The van der Waals surface area contributed by atoms with E-state index >= 15 is 0 Å². The van der Waals surface area contributed by atoms with E-state index in [0.29, 0.717) is 0 Å². The molecule has 0 aromatic heterocycles. The van der Waals surface area contributed by atoms with Crippen LogP contribution in [0.2, 0.25) is 0 Å². The van der Waals surface area contributed by atoms with Gasteiger partial charge in [0.1, 0.15) is 0 Å². The average molecular weight is 859 g/mol. The van der Waals surface area contributed by atoms with Crippen molar-refractivity contribution in [3.05, 3.63) is 255 Å². The molecule has 314 valence electrons. The van der Waals surface area contributed by atoms with Crippen LogP contribution in [-0.4, -0.2) is 0 Å². The van der Waals surface area contributed by atoms with Crippen LogP contribution in [0.15, 0.2) is 255 Å². The van der Waals surface area contributed by atoms with E-state index in [1.807, 2.05) is 0 Å². The number of benzene rings is 14. The fourth-order valence-electron chi connectivity index (χ4n) is 11.3. The molecule has 0 spiro atoms. The Morgan fingerprint density at radius 2 is 0.397 bits per heavy atom. The van der Waals surface area contributed by atoms with Gasteiger partial charge in [-0.1, -0.05) is 224 Å². The van der Waals surface area contributed by atoms with Crippen molar-refractivity contribution >= 4 is 64.6 Å². The minimum atomic E-state index is 1.19. The molecule has 14 aromatic carbocycles. The molecule has 0 heterocycles. The summed E-state index contributed by atoms with van der Waals surface area (Å²) in [5, 5.41) is 15.6. The van der Waals surface area contributed by atoms with Gasteiger partial charge < -0.3 is 0 Å². The number of hydrogen-bond acceptors (Lipinski definition) is 0. The topological polar surface area (TPSA) is 0 Å². The predicted octanol–water partition coefficient (Wildman–Crippen LogP) is 19.2. The van der Waals surface area contributed by atoms with Crippen molar-refractivity contribution in [1.29, 1.82) is 0 Å². The van der Waals surface area contributed by atoms with Gasteiger partial charge in [0, 0.05) is 0 Å². The van der Waals surface area contributed by atoms with E-state index in [9.17, 15) is 0 Å². The van der Waals surface area contributed by atoms with Crippen molar-refractivity contribution in [3.8, 4) is 77.9 Å². The first kappa shape index (κ1) is 38.4. The molecule has 68 heavy (non-hydrogen) atoms. The van der Waals surface area contributed by atoms with E-state index in [4.69, 9.17) is 0 Å². The molecule has 14 aromatic rings. The largest absolute Gasteiger partial charge is 0.0622 e. The van der Waals surface area contributed by atoms with Crippen LogP contribution in [0.25, 0.3) is 143 Å². The minimum absolute atomic E-state index is 1.19. The lowest BCUT2D eigenvalue weighted by Crippen LogP contribution is -1.91. The summed E-state index contributed by atoms with van der Waals surface area (Å²) < 4.78 is 0. The molecule has 0 fully saturated rings. The molecule has 0 heteroatoms. The highest BCUT2D eigenvalue weighted by Crippen LogP contribution is 2.45. The van der Waals surface area contributed by atoms with E-state index < -0.39 is 0 Å². The van der Waals surface area contributed by atoms with E-state index in [-0.39, 0.29) is 0 Å². The normalized spacial score (nSPS) is 11.8. The summed E-state index contributed by atoms with van der Waals surface area (Å²) in [5.74, 6) is 0. The lowest BCUT2D eigenvalue weighted by atomic mass is 9.86. The van der Waals surface area contributed by atoms with Gasteiger partial charge >= 0.3 is 0 Å². The second kappa shape index (κ2) is 15.4. The Morgan fingerprint density at radius 1 is 0.147 bits per heavy atom. The van der Waals surface area contributed by atoms with Crippen LogP contribution >= 0.6 is 0 Å². The molecule has 0 saturated heterocycles. The number of rotatable bonds is 7. The summed E-state index contributed by atoms with van der Waals surface area (Å²) >= 11 is 0. The van der Waals surface area contributed by atoms with Crippen molar-refractivity contribution in [2.75, 3.05) is 0 Å². The highest BCUT2D eigenvalue weighted by molar-refractivity contribution is 6.29. The van der Waals surface area contributed by atoms with Crippen LogP contribution in [0.1, 0.15) is 0 Å². The number of hydrogen-bond donors (Lipinski definition) is 0. The summed E-state index contributed by atoms with van der Waals surface area (Å²) in [4.78, 5) is 0. The van der Waals surface area contributed by atoms with Crippen molar-refractivity contribution < 1.29 is 0 Å². The average Bonchev–Trinajstić information content (AvgIpc) is 3.42. The van der Waals surface area contributed by atoms with Crippen molar-refractivity contribution in [2.45, 2.75) is 0 Å². The molecule has 0 aliphatic heterocycles. The zero-order chi connectivity index (χ0) is 44.7. The van der Waals surface area contributed by atoms with Crippen LogP contribution in [0.3, 0.4) is 0 Å². The molecular weight excluding hydrogens is 817 g/mol. The second-order valence-corrected chi connectivity index (χ2v) is 18.4. The Labute approximate surface area is 395 Å². The molecule has 0 unspecified atom stereocenters. The third-order valence-corrected chi connectivity index (χ3v) is 14.6. The van der Waals surface area contributed by atoms with E-state index in [1.165, 1.54) is 143 Å². The van der Waals surface area contributed by atoms with Crippen LogP contribution in [0.4, 0.5) is 0 Å². The van der Waals surface area contributed by atoms with Gasteiger partial charge in [-0.05, 0) is 173 Å². The maximum Gasteiger partial charge on any atom is -0.00203 e. The minimum Gasteiger partial charge on any atom is -0.0622 e. The van der Waals surface area contributed by atoms with Gasteiger partial charge in [0.2, 0.25) is 0 Å². The lowest BCUT2D eigenvalue weighted by Gasteiger charge is -2.17. The summed E-state index contributed by atoms with van der Waals surface area (Å²) in [5.41, 5.74) is 17.1. The van der Waals surface area contributed by atoms with Gasteiger partial charge in [-0.15, -0.1) is 0 Å². The van der Waals surface area contributed by atoms with Crippen molar-refractivity contribution in [3.63, 3.8) is 0 Å². The first-order valence-corrected chi connectivity index (χ1v) is 23.6. The van der Waals surface area contributed by atoms with Gasteiger partial charge in [-0.25, -0.2) is 0 Å². The Hall–Kier alpha value is -8.84. The van der Waals surface area contributed by atoms with Crippen LogP contribution in [-0.2, 0) is 0 Å². The molecule has 0 aliphatic rings. The summed E-state index contributed by atoms with van der Waals surface area (Å²) in [6, 6.07) is 94.7. The maximum atomic E-state index is 2.39. The highest BCUT2D eigenvalue weighted by Gasteiger charge is 2.18. The molecule has 0 atom stereocenters. The quantitative estimate of drug-likeness (QED) is 0.140. The third-order valence-electron chi connectivity index (χ3n) is 14.6. The smallest absolute Gasteiger partial charge is 0.00203 e. The molecule has 0 radical (unpaired) electrons. The van der Waals surface area contributed by atoms with Gasteiger partial charge in [0.05, 0.1) is 0 Å².